The molecule has 10 nitrogen and oxygen atoms in total. The van der Waals surface area contributed by atoms with Crippen molar-refractivity contribution in [1.29, 1.82) is 0 Å². The van der Waals surface area contributed by atoms with Crippen molar-refractivity contribution in [3.05, 3.63) is 35.1 Å². The van der Waals surface area contributed by atoms with Gasteiger partial charge >= 0.3 is 5.69 Å². The number of fused-ring (bicyclic) bond motifs is 1. The lowest BCUT2D eigenvalue weighted by Crippen LogP contribution is -2.45. The molecule has 3 N–H and O–H groups in total. The monoisotopic (exact) mass is 389 g/mol. The number of sulfonamides is 1. The number of hydrogen-bond acceptors (Lipinski definition) is 7. The molecule has 0 aromatic carbocycles. The first kappa shape index (κ1) is 17.6. The molecule has 0 spiro atoms. The zero-order valence-corrected chi connectivity index (χ0v) is 15.5. The summed E-state index contributed by atoms with van der Waals surface area (Å²) in [5, 5.41) is 3.26. The molecule has 0 saturated carbocycles. The van der Waals surface area contributed by atoms with Crippen LogP contribution in [0.5, 0.6) is 0 Å². The van der Waals surface area contributed by atoms with E-state index in [0.717, 1.165) is 12.8 Å². The van der Waals surface area contributed by atoms with Crippen molar-refractivity contribution in [3.8, 4) is 11.3 Å². The van der Waals surface area contributed by atoms with Gasteiger partial charge in [-0.1, -0.05) is 0 Å². The quantitative estimate of drug-likeness (QED) is 0.592. The maximum Gasteiger partial charge on any atom is 0.346 e. The molecule has 1 atom stereocenters. The van der Waals surface area contributed by atoms with Gasteiger partial charge in [-0.25, -0.2) is 32.5 Å². The number of aromatic amines is 2. The largest absolute Gasteiger partial charge is 0.367 e. The summed E-state index contributed by atoms with van der Waals surface area (Å²) < 4.78 is 25.1. The molecule has 1 fully saturated rings. The van der Waals surface area contributed by atoms with Crippen molar-refractivity contribution >= 4 is 27.0 Å². The molecule has 3 aromatic rings. The molecule has 1 saturated heterocycles. The average molecular weight is 389 g/mol. The highest BCUT2D eigenvalue weighted by molar-refractivity contribution is 7.88. The summed E-state index contributed by atoms with van der Waals surface area (Å²) in [6.45, 7) is 0.845. The van der Waals surface area contributed by atoms with Crippen LogP contribution in [0.4, 0.5) is 5.82 Å². The number of nitrogens with zero attached hydrogens (tertiary/aromatic N) is 4. The number of anilines is 1. The van der Waals surface area contributed by atoms with E-state index in [1.165, 1.54) is 16.8 Å². The summed E-state index contributed by atoms with van der Waals surface area (Å²) in [6.07, 6.45) is 7.53. The van der Waals surface area contributed by atoms with Gasteiger partial charge in [0, 0.05) is 31.5 Å². The minimum absolute atomic E-state index is 0.130. The molecule has 4 heterocycles. The number of aromatic nitrogens is 5. The van der Waals surface area contributed by atoms with Gasteiger partial charge in [-0.15, -0.1) is 0 Å². The Balaban J connectivity index is 1.66. The van der Waals surface area contributed by atoms with Gasteiger partial charge in [0.2, 0.25) is 10.0 Å². The molecule has 1 unspecified atom stereocenters. The number of hydrogen-bond donors (Lipinski definition) is 3. The zero-order valence-electron chi connectivity index (χ0n) is 14.6. The van der Waals surface area contributed by atoms with Crippen molar-refractivity contribution in [2.24, 2.45) is 0 Å². The summed E-state index contributed by atoms with van der Waals surface area (Å²) in [4.78, 5) is 30.1. The maximum absolute atomic E-state index is 11.8. The first-order valence-electron chi connectivity index (χ1n) is 8.51. The van der Waals surface area contributed by atoms with Gasteiger partial charge in [0.15, 0.2) is 5.65 Å². The van der Waals surface area contributed by atoms with Crippen LogP contribution in [0.2, 0.25) is 0 Å². The summed E-state index contributed by atoms with van der Waals surface area (Å²) in [5.74, 6) is 0.458. The minimum Gasteiger partial charge on any atom is -0.367 e. The van der Waals surface area contributed by atoms with E-state index in [1.54, 1.807) is 12.4 Å². The first-order valence-corrected chi connectivity index (χ1v) is 10.4. The third-order valence-electron chi connectivity index (χ3n) is 4.55. The number of H-pyrrole nitrogens is 2. The standard InChI is InChI=1S/C16H19N7O3S/c1-27(25,26)23-6-2-3-10(9-23)20-14-11(7-19-16(24)22-14)13-8-18-15-12(21-13)4-5-17-15/h4-5,7-8,10H,2-3,6,9H2,1H3,(H,17,18)(H2,19,20,22,24). The van der Waals surface area contributed by atoms with Crippen LogP contribution >= 0.6 is 0 Å². The number of rotatable bonds is 4. The molecule has 0 radical (unpaired) electrons. The van der Waals surface area contributed by atoms with Crippen LogP contribution in [-0.2, 0) is 10.0 Å². The molecular weight excluding hydrogens is 370 g/mol. The van der Waals surface area contributed by atoms with Crippen LogP contribution in [-0.4, -0.2) is 63.0 Å². The first-order chi connectivity index (χ1) is 12.9. The highest BCUT2D eigenvalue weighted by Crippen LogP contribution is 2.25. The van der Waals surface area contributed by atoms with Crippen LogP contribution in [0.1, 0.15) is 12.8 Å². The van der Waals surface area contributed by atoms with Crippen molar-refractivity contribution in [1.82, 2.24) is 29.2 Å². The summed E-state index contributed by atoms with van der Waals surface area (Å²) >= 11 is 0. The Kier molecular flexibility index (Phi) is 4.40. The van der Waals surface area contributed by atoms with E-state index in [-0.39, 0.29) is 6.04 Å². The Morgan fingerprint density at radius 3 is 2.96 bits per heavy atom. The van der Waals surface area contributed by atoms with Gasteiger partial charge in [-0.3, -0.25) is 4.98 Å². The van der Waals surface area contributed by atoms with Crippen LogP contribution < -0.4 is 11.0 Å². The molecule has 4 rings (SSSR count). The van der Waals surface area contributed by atoms with Crippen LogP contribution in [0.25, 0.3) is 22.4 Å². The second kappa shape index (κ2) is 6.74. The highest BCUT2D eigenvalue weighted by Gasteiger charge is 2.26. The Morgan fingerprint density at radius 2 is 2.15 bits per heavy atom. The Hall–Kier alpha value is -2.79. The van der Waals surface area contributed by atoms with Gasteiger partial charge in [-0.2, -0.15) is 0 Å². The maximum atomic E-state index is 11.8. The van der Waals surface area contributed by atoms with Crippen LogP contribution in [0.3, 0.4) is 0 Å². The molecule has 1 aliphatic rings. The molecule has 1 aliphatic heterocycles. The van der Waals surface area contributed by atoms with Gasteiger partial charge < -0.3 is 10.3 Å². The van der Waals surface area contributed by atoms with E-state index in [2.05, 4.69) is 30.2 Å². The van der Waals surface area contributed by atoms with Crippen molar-refractivity contribution in [2.75, 3.05) is 24.7 Å². The van der Waals surface area contributed by atoms with Crippen molar-refractivity contribution in [2.45, 2.75) is 18.9 Å². The zero-order chi connectivity index (χ0) is 19.0. The lowest BCUT2D eigenvalue weighted by atomic mass is 10.1. The molecule has 142 valence electrons. The van der Waals surface area contributed by atoms with E-state index in [9.17, 15) is 13.2 Å². The van der Waals surface area contributed by atoms with Gasteiger partial charge in [0.05, 0.1) is 23.7 Å². The van der Waals surface area contributed by atoms with Crippen LogP contribution in [0.15, 0.2) is 29.5 Å². The molecule has 11 heteroatoms. The average Bonchev–Trinajstić information content (AvgIpc) is 3.09. The minimum atomic E-state index is -3.26. The SMILES string of the molecule is CS(=O)(=O)N1CCCC(Nc2[nH]c(=O)ncc2-c2cnc3[nH]ccc3n2)C1. The number of piperidine rings is 1. The second-order valence-corrected chi connectivity index (χ2v) is 8.53. The smallest absolute Gasteiger partial charge is 0.346 e. The fourth-order valence-corrected chi connectivity index (χ4v) is 4.14. The molecule has 0 bridgehead atoms. The van der Waals surface area contributed by atoms with E-state index in [0.29, 0.717) is 41.3 Å². The molecule has 3 aromatic heterocycles. The second-order valence-electron chi connectivity index (χ2n) is 6.55. The summed E-state index contributed by atoms with van der Waals surface area (Å²) in [6, 6.07) is 1.68. The van der Waals surface area contributed by atoms with Gasteiger partial charge in [0.25, 0.3) is 0 Å². The van der Waals surface area contributed by atoms with Gasteiger partial charge in [0.1, 0.15) is 11.3 Å². The predicted octanol–water partition coefficient (Wildman–Crippen LogP) is 0.544. The molecule has 27 heavy (non-hydrogen) atoms. The number of nitrogens with one attached hydrogen (secondary N) is 3. The molecular formula is C16H19N7O3S. The fraction of sp³-hybridized carbons (Fsp3) is 0.375. The Morgan fingerprint density at radius 1 is 1.30 bits per heavy atom. The van der Waals surface area contributed by atoms with Crippen molar-refractivity contribution in [3.63, 3.8) is 0 Å². The molecule has 0 amide bonds. The van der Waals surface area contributed by atoms with E-state index >= 15 is 0 Å². The van der Waals surface area contributed by atoms with Crippen molar-refractivity contribution < 1.29 is 8.42 Å². The van der Waals surface area contributed by atoms with Gasteiger partial charge in [-0.05, 0) is 18.9 Å². The lowest BCUT2D eigenvalue weighted by molar-refractivity contribution is 0.329. The summed E-state index contributed by atoms with van der Waals surface area (Å²) in [5.41, 5.74) is 2.03. The van der Waals surface area contributed by atoms with Crippen LogP contribution in [0, 0.1) is 0 Å². The van der Waals surface area contributed by atoms with E-state index < -0.39 is 15.7 Å². The normalized spacial score (nSPS) is 18.6. The predicted molar refractivity (Wildman–Crippen MR) is 101 cm³/mol. The molecule has 0 aliphatic carbocycles. The lowest BCUT2D eigenvalue weighted by Gasteiger charge is -2.32. The Bertz CT molecular complexity index is 1140. The fourth-order valence-electron chi connectivity index (χ4n) is 3.23. The third kappa shape index (κ3) is 3.69. The Labute approximate surface area is 155 Å². The highest BCUT2D eigenvalue weighted by atomic mass is 32.2. The third-order valence-corrected chi connectivity index (χ3v) is 5.82. The topological polar surface area (TPSA) is 137 Å². The summed E-state index contributed by atoms with van der Waals surface area (Å²) in [7, 11) is -3.26. The van der Waals surface area contributed by atoms with E-state index in [4.69, 9.17) is 0 Å². The van der Waals surface area contributed by atoms with E-state index in [1.807, 2.05) is 6.07 Å².